The number of benzene rings is 4. The van der Waals surface area contributed by atoms with Crippen molar-refractivity contribution in [2.75, 3.05) is 11.5 Å². The van der Waals surface area contributed by atoms with E-state index < -0.39 is 0 Å². The van der Waals surface area contributed by atoms with Gasteiger partial charge >= 0.3 is 0 Å². The van der Waals surface area contributed by atoms with Crippen molar-refractivity contribution in [2.24, 2.45) is 0 Å². The molecule has 0 spiro atoms. The van der Waals surface area contributed by atoms with E-state index in [0.29, 0.717) is 0 Å². The Balaban J connectivity index is 1.94. The van der Waals surface area contributed by atoms with Gasteiger partial charge in [-0.05, 0) is 50.9 Å². The predicted molar refractivity (Wildman–Crippen MR) is 99.5 cm³/mol. The molecular weight excluding hydrogens is 280 g/mol. The monoisotopic (exact) mass is 298 g/mol. The first kappa shape index (κ1) is 13.6. The summed E-state index contributed by atoms with van der Waals surface area (Å²) in [6.07, 6.45) is 0.777. The Labute approximate surface area is 135 Å². The Morgan fingerprint density at radius 3 is 2.17 bits per heavy atom. The Hall–Kier alpha value is -3.00. The average molecular weight is 298 g/mol. The topological polar surface area (TPSA) is 52.0 Å². The minimum absolute atomic E-state index is 0.777. The molecule has 0 bridgehead atoms. The molecule has 23 heavy (non-hydrogen) atoms. The van der Waals surface area contributed by atoms with Crippen LogP contribution in [0.1, 0.15) is 11.1 Å². The van der Waals surface area contributed by atoms with Crippen LogP contribution in [0, 0.1) is 0 Å². The van der Waals surface area contributed by atoms with E-state index in [4.69, 9.17) is 11.5 Å². The Bertz CT molecular complexity index is 1020. The number of nitrogens with two attached hydrogens (primary N) is 2. The minimum atomic E-state index is 0.777. The standard InChI is InChI=1S/C21H18N2/c22-17-11-15-6-2-3-7-18(15)16(12-17)13-20-19-8-4-1-5-14(19)9-10-21(20)23/h1-12H,13,22-23H2. The summed E-state index contributed by atoms with van der Waals surface area (Å²) < 4.78 is 0. The van der Waals surface area contributed by atoms with Crippen molar-refractivity contribution in [1.29, 1.82) is 0 Å². The van der Waals surface area contributed by atoms with E-state index in [2.05, 4.69) is 54.6 Å². The molecule has 0 unspecified atom stereocenters. The van der Waals surface area contributed by atoms with Crippen molar-refractivity contribution < 1.29 is 0 Å². The van der Waals surface area contributed by atoms with Gasteiger partial charge in [0, 0.05) is 17.8 Å². The molecule has 0 atom stereocenters. The fraction of sp³-hybridized carbons (Fsp3) is 0.0476. The Morgan fingerprint density at radius 2 is 1.35 bits per heavy atom. The highest BCUT2D eigenvalue weighted by atomic mass is 14.6. The Kier molecular flexibility index (Phi) is 3.16. The van der Waals surface area contributed by atoms with E-state index >= 15 is 0 Å². The lowest BCUT2D eigenvalue weighted by molar-refractivity contribution is 1.24. The van der Waals surface area contributed by atoms with Gasteiger partial charge in [-0.2, -0.15) is 0 Å². The lowest BCUT2D eigenvalue weighted by Crippen LogP contribution is -1.99. The number of nitrogen functional groups attached to an aromatic ring is 2. The highest BCUT2D eigenvalue weighted by Gasteiger charge is 2.09. The molecule has 0 fully saturated rings. The van der Waals surface area contributed by atoms with E-state index in [-0.39, 0.29) is 0 Å². The van der Waals surface area contributed by atoms with Crippen LogP contribution in [-0.2, 0) is 6.42 Å². The second-order valence-electron chi connectivity index (χ2n) is 5.93. The van der Waals surface area contributed by atoms with Crippen LogP contribution in [-0.4, -0.2) is 0 Å². The highest BCUT2D eigenvalue weighted by molar-refractivity contribution is 5.92. The van der Waals surface area contributed by atoms with E-state index in [1.165, 1.54) is 32.7 Å². The first-order chi connectivity index (χ1) is 11.2. The van der Waals surface area contributed by atoms with Gasteiger partial charge in [-0.25, -0.2) is 0 Å². The number of hydrogen-bond acceptors (Lipinski definition) is 2. The molecule has 4 rings (SSSR count). The van der Waals surface area contributed by atoms with Gasteiger partial charge in [0.15, 0.2) is 0 Å². The molecule has 0 heterocycles. The third-order valence-electron chi connectivity index (χ3n) is 4.41. The second-order valence-corrected chi connectivity index (χ2v) is 5.93. The zero-order valence-corrected chi connectivity index (χ0v) is 12.8. The maximum absolute atomic E-state index is 6.29. The summed E-state index contributed by atoms with van der Waals surface area (Å²) in [6.45, 7) is 0. The molecule has 4 aromatic rings. The van der Waals surface area contributed by atoms with Gasteiger partial charge in [0.2, 0.25) is 0 Å². The Morgan fingerprint density at radius 1 is 0.652 bits per heavy atom. The minimum Gasteiger partial charge on any atom is -0.399 e. The molecule has 0 amide bonds. The van der Waals surface area contributed by atoms with E-state index in [0.717, 1.165) is 17.8 Å². The third kappa shape index (κ3) is 2.38. The van der Waals surface area contributed by atoms with Gasteiger partial charge in [0.05, 0.1) is 0 Å². The van der Waals surface area contributed by atoms with Crippen LogP contribution < -0.4 is 11.5 Å². The molecule has 0 aliphatic rings. The smallest absolute Gasteiger partial charge is 0.0356 e. The van der Waals surface area contributed by atoms with Crippen molar-refractivity contribution in [3.05, 3.63) is 83.9 Å². The molecule has 0 aliphatic heterocycles. The van der Waals surface area contributed by atoms with Gasteiger partial charge in [0.1, 0.15) is 0 Å². The molecule has 112 valence electrons. The fourth-order valence-electron chi connectivity index (χ4n) is 3.30. The summed E-state index contributed by atoms with van der Waals surface area (Å²) in [7, 11) is 0. The average Bonchev–Trinajstić information content (AvgIpc) is 2.57. The van der Waals surface area contributed by atoms with E-state index in [1.807, 2.05) is 18.2 Å². The molecule has 0 radical (unpaired) electrons. The largest absolute Gasteiger partial charge is 0.399 e. The van der Waals surface area contributed by atoms with Crippen molar-refractivity contribution in [3.63, 3.8) is 0 Å². The molecule has 0 saturated carbocycles. The van der Waals surface area contributed by atoms with E-state index in [9.17, 15) is 0 Å². The van der Waals surface area contributed by atoms with Crippen molar-refractivity contribution in [2.45, 2.75) is 6.42 Å². The number of hydrogen-bond donors (Lipinski definition) is 2. The van der Waals surface area contributed by atoms with Crippen LogP contribution in [0.4, 0.5) is 11.4 Å². The molecule has 4 aromatic carbocycles. The summed E-state index contributed by atoms with van der Waals surface area (Å²) in [5, 5.41) is 4.82. The number of fused-ring (bicyclic) bond motifs is 2. The van der Waals surface area contributed by atoms with Crippen LogP contribution in [0.3, 0.4) is 0 Å². The molecule has 2 heteroatoms. The molecular formula is C21H18N2. The van der Waals surface area contributed by atoms with Gasteiger partial charge in [-0.3, -0.25) is 0 Å². The van der Waals surface area contributed by atoms with Gasteiger partial charge in [0.25, 0.3) is 0 Å². The molecule has 0 saturated heterocycles. The molecule has 4 N–H and O–H groups in total. The summed E-state index contributed by atoms with van der Waals surface area (Å²) >= 11 is 0. The quantitative estimate of drug-likeness (QED) is 0.525. The lowest BCUT2D eigenvalue weighted by Gasteiger charge is -2.13. The SMILES string of the molecule is Nc1cc(Cc2c(N)ccc3ccccc23)c2ccccc2c1. The molecule has 0 aromatic heterocycles. The van der Waals surface area contributed by atoms with Crippen LogP contribution in [0.25, 0.3) is 21.5 Å². The summed E-state index contributed by atoms with van der Waals surface area (Å²) in [6, 6.07) is 24.9. The maximum atomic E-state index is 6.29. The van der Waals surface area contributed by atoms with Crippen LogP contribution in [0.15, 0.2) is 72.8 Å². The molecule has 0 aliphatic carbocycles. The normalized spacial score (nSPS) is 11.1. The fourth-order valence-corrected chi connectivity index (χ4v) is 3.30. The maximum Gasteiger partial charge on any atom is 0.0356 e. The zero-order chi connectivity index (χ0) is 15.8. The predicted octanol–water partition coefficient (Wildman–Crippen LogP) is 4.75. The number of rotatable bonds is 2. The van der Waals surface area contributed by atoms with E-state index in [1.54, 1.807) is 0 Å². The van der Waals surface area contributed by atoms with Crippen LogP contribution >= 0.6 is 0 Å². The summed E-state index contributed by atoms with van der Waals surface area (Å²) in [5.41, 5.74) is 16.4. The van der Waals surface area contributed by atoms with Crippen LogP contribution in [0.2, 0.25) is 0 Å². The van der Waals surface area contributed by atoms with Crippen LogP contribution in [0.5, 0.6) is 0 Å². The van der Waals surface area contributed by atoms with Gasteiger partial charge in [-0.15, -0.1) is 0 Å². The second kappa shape index (κ2) is 5.33. The summed E-state index contributed by atoms with van der Waals surface area (Å²) in [4.78, 5) is 0. The first-order valence-electron chi connectivity index (χ1n) is 7.75. The van der Waals surface area contributed by atoms with Gasteiger partial charge < -0.3 is 11.5 Å². The first-order valence-corrected chi connectivity index (χ1v) is 7.75. The zero-order valence-electron chi connectivity index (χ0n) is 12.8. The van der Waals surface area contributed by atoms with Gasteiger partial charge in [-0.1, -0.05) is 54.6 Å². The van der Waals surface area contributed by atoms with Crippen molar-refractivity contribution >= 4 is 32.9 Å². The lowest BCUT2D eigenvalue weighted by atomic mass is 9.93. The van der Waals surface area contributed by atoms with Crippen molar-refractivity contribution in [1.82, 2.24) is 0 Å². The molecule has 2 nitrogen and oxygen atoms in total. The third-order valence-corrected chi connectivity index (χ3v) is 4.41. The number of anilines is 2. The highest BCUT2D eigenvalue weighted by Crippen LogP contribution is 2.30. The summed E-state index contributed by atoms with van der Waals surface area (Å²) in [5.74, 6) is 0. The van der Waals surface area contributed by atoms with Crippen molar-refractivity contribution in [3.8, 4) is 0 Å².